The van der Waals surface area contributed by atoms with Gasteiger partial charge in [0.25, 0.3) is 0 Å². The van der Waals surface area contributed by atoms with Gasteiger partial charge in [-0.2, -0.15) is 0 Å². The van der Waals surface area contributed by atoms with Crippen LogP contribution in [-0.2, 0) is 14.3 Å². The lowest BCUT2D eigenvalue weighted by molar-refractivity contribution is -0.302. The number of carbonyl (C=O) groups is 1. The van der Waals surface area contributed by atoms with Crippen molar-refractivity contribution >= 4 is 5.91 Å². The number of ether oxygens (including phenoxy) is 2. The molecule has 0 aliphatic carbocycles. The van der Waals surface area contributed by atoms with Crippen LogP contribution in [0.4, 0.5) is 0 Å². The minimum Gasteiger partial charge on any atom is -0.394 e. The van der Waals surface area contributed by atoms with Crippen LogP contribution in [0.1, 0.15) is 200 Å². The van der Waals surface area contributed by atoms with Crippen LogP contribution in [-0.4, -0.2) is 98.7 Å². The molecule has 0 bridgehead atoms. The van der Waals surface area contributed by atoms with E-state index in [9.17, 15) is 35.4 Å². The molecule has 1 saturated heterocycles. The lowest BCUT2D eigenvalue weighted by Crippen LogP contribution is -2.60. The largest absolute Gasteiger partial charge is 0.394 e. The Hall–Kier alpha value is -0.850. The minimum absolute atomic E-state index is 0.250. The summed E-state index contributed by atoms with van der Waals surface area (Å²) in [5, 5.41) is 64.7. The third-order valence-corrected chi connectivity index (χ3v) is 10.8. The molecule has 10 nitrogen and oxygen atoms in total. The Labute approximate surface area is 317 Å². The van der Waals surface area contributed by atoms with Crippen LogP contribution in [0.3, 0.4) is 0 Å². The molecular weight excluding hydrogens is 662 g/mol. The highest BCUT2D eigenvalue weighted by atomic mass is 16.7. The molecule has 1 rings (SSSR count). The number of aliphatic hydroxyl groups is 6. The van der Waals surface area contributed by atoms with Crippen molar-refractivity contribution in [3.63, 3.8) is 0 Å². The molecule has 1 heterocycles. The molecule has 7 N–H and O–H groups in total. The number of aliphatic hydroxyl groups excluding tert-OH is 6. The second-order valence-corrected chi connectivity index (χ2v) is 15.6. The summed E-state index contributed by atoms with van der Waals surface area (Å²) < 4.78 is 11.2. The monoisotopic (exact) mass is 746 g/mol. The summed E-state index contributed by atoms with van der Waals surface area (Å²) in [5.74, 6) is -0.582. The molecule has 1 amide bonds. The molecule has 52 heavy (non-hydrogen) atoms. The Bertz CT molecular complexity index is 803. The first-order valence-electron chi connectivity index (χ1n) is 21.8. The smallest absolute Gasteiger partial charge is 0.249 e. The summed E-state index contributed by atoms with van der Waals surface area (Å²) in [5.41, 5.74) is 0. The van der Waals surface area contributed by atoms with Crippen molar-refractivity contribution in [3.05, 3.63) is 0 Å². The lowest BCUT2D eigenvalue weighted by atomic mass is 9.99. The fourth-order valence-corrected chi connectivity index (χ4v) is 7.17. The van der Waals surface area contributed by atoms with Gasteiger partial charge < -0.3 is 45.4 Å². The van der Waals surface area contributed by atoms with Gasteiger partial charge >= 0.3 is 0 Å². The molecule has 310 valence electrons. The Balaban J connectivity index is 2.42. The van der Waals surface area contributed by atoms with E-state index in [1.165, 1.54) is 135 Å². The Kier molecular flexibility index (Phi) is 31.7. The van der Waals surface area contributed by atoms with Crippen LogP contribution in [0.5, 0.6) is 0 Å². The maximum Gasteiger partial charge on any atom is 0.249 e. The molecule has 8 atom stereocenters. The molecule has 0 saturated carbocycles. The minimum atomic E-state index is -1.59. The maximum absolute atomic E-state index is 13.0. The van der Waals surface area contributed by atoms with E-state index in [0.717, 1.165) is 38.5 Å². The third-order valence-electron chi connectivity index (χ3n) is 10.8. The molecule has 1 fully saturated rings. The van der Waals surface area contributed by atoms with Crippen molar-refractivity contribution in [2.75, 3.05) is 13.2 Å². The van der Waals surface area contributed by atoms with Crippen LogP contribution < -0.4 is 5.32 Å². The number of rotatable bonds is 36. The number of hydrogen-bond donors (Lipinski definition) is 7. The summed E-state index contributed by atoms with van der Waals surface area (Å²) in [6.07, 6.45) is 24.3. The predicted octanol–water partition coefficient (Wildman–Crippen LogP) is 7.36. The van der Waals surface area contributed by atoms with Gasteiger partial charge in [-0.3, -0.25) is 4.79 Å². The summed E-state index contributed by atoms with van der Waals surface area (Å²) in [6, 6.07) is -0.886. The molecule has 0 radical (unpaired) electrons. The van der Waals surface area contributed by atoms with Crippen LogP contribution in [0.15, 0.2) is 0 Å². The highest BCUT2D eigenvalue weighted by Gasteiger charge is 2.44. The zero-order valence-corrected chi connectivity index (χ0v) is 33.4. The van der Waals surface area contributed by atoms with E-state index in [4.69, 9.17) is 9.47 Å². The Morgan fingerprint density at radius 3 is 1.37 bits per heavy atom. The molecule has 0 spiro atoms. The summed E-state index contributed by atoms with van der Waals surface area (Å²) in [7, 11) is 0. The van der Waals surface area contributed by atoms with Crippen molar-refractivity contribution in [1.29, 1.82) is 0 Å². The van der Waals surface area contributed by atoms with Gasteiger partial charge in [-0.05, 0) is 12.8 Å². The number of hydrogen-bond acceptors (Lipinski definition) is 9. The highest BCUT2D eigenvalue weighted by Crippen LogP contribution is 2.23. The van der Waals surface area contributed by atoms with E-state index < -0.39 is 61.5 Å². The van der Waals surface area contributed by atoms with Crippen LogP contribution in [0.2, 0.25) is 0 Å². The van der Waals surface area contributed by atoms with E-state index in [2.05, 4.69) is 19.2 Å². The lowest BCUT2D eigenvalue weighted by Gasteiger charge is -2.40. The van der Waals surface area contributed by atoms with Gasteiger partial charge in [-0.25, -0.2) is 0 Å². The normalized spacial score (nSPS) is 22.3. The van der Waals surface area contributed by atoms with Crippen molar-refractivity contribution in [2.45, 2.75) is 249 Å². The van der Waals surface area contributed by atoms with Gasteiger partial charge in [0.2, 0.25) is 5.91 Å². The average molecular weight is 746 g/mol. The zero-order valence-electron chi connectivity index (χ0n) is 33.4. The van der Waals surface area contributed by atoms with E-state index in [0.29, 0.717) is 12.8 Å². The van der Waals surface area contributed by atoms with Crippen molar-refractivity contribution in [1.82, 2.24) is 5.32 Å². The molecule has 1 aliphatic rings. The van der Waals surface area contributed by atoms with Gasteiger partial charge in [0.1, 0.15) is 30.5 Å². The quantitative estimate of drug-likeness (QED) is 0.0324. The van der Waals surface area contributed by atoms with E-state index in [1.54, 1.807) is 0 Å². The fourth-order valence-electron chi connectivity index (χ4n) is 7.17. The van der Waals surface area contributed by atoms with Crippen molar-refractivity contribution < 1.29 is 44.9 Å². The van der Waals surface area contributed by atoms with Crippen LogP contribution in [0.25, 0.3) is 0 Å². The standard InChI is InChI=1S/C42H83NO9/c1-3-5-7-9-11-13-15-17-18-19-21-22-24-26-28-30-35(45)34(33-51-42-40(49)39(48)38(47)37(32-44)52-42)43-41(50)36(46)31-29-27-25-23-20-16-14-12-10-8-6-4-2/h34-40,42,44-49H,3-33H2,1-2H3,(H,43,50). The highest BCUT2D eigenvalue weighted by molar-refractivity contribution is 5.80. The average Bonchev–Trinajstić information content (AvgIpc) is 3.14. The molecule has 0 aromatic rings. The third kappa shape index (κ3) is 23.8. The molecular formula is C42H83NO9. The zero-order chi connectivity index (χ0) is 38.2. The number of nitrogens with one attached hydrogen (secondary N) is 1. The second kappa shape index (κ2) is 33.5. The van der Waals surface area contributed by atoms with E-state index >= 15 is 0 Å². The van der Waals surface area contributed by atoms with E-state index in [1.807, 2.05) is 0 Å². The second-order valence-electron chi connectivity index (χ2n) is 15.6. The first-order chi connectivity index (χ1) is 25.3. The summed E-state index contributed by atoms with van der Waals surface area (Å²) in [4.78, 5) is 13.0. The van der Waals surface area contributed by atoms with Gasteiger partial charge in [-0.1, -0.05) is 187 Å². The van der Waals surface area contributed by atoms with Gasteiger partial charge in [0, 0.05) is 0 Å². The van der Waals surface area contributed by atoms with Crippen molar-refractivity contribution in [2.24, 2.45) is 0 Å². The van der Waals surface area contributed by atoms with Crippen LogP contribution in [0, 0.1) is 0 Å². The fraction of sp³-hybridized carbons (Fsp3) is 0.976. The first kappa shape index (κ1) is 49.2. The van der Waals surface area contributed by atoms with Crippen LogP contribution >= 0.6 is 0 Å². The van der Waals surface area contributed by atoms with Crippen molar-refractivity contribution in [3.8, 4) is 0 Å². The molecule has 0 aromatic heterocycles. The predicted molar refractivity (Wildman–Crippen MR) is 209 cm³/mol. The summed E-state index contributed by atoms with van der Waals surface area (Å²) in [6.45, 7) is 3.66. The first-order valence-corrected chi connectivity index (χ1v) is 21.8. The van der Waals surface area contributed by atoms with Gasteiger partial charge in [-0.15, -0.1) is 0 Å². The molecule has 10 heteroatoms. The summed E-state index contributed by atoms with van der Waals surface area (Å²) >= 11 is 0. The number of amides is 1. The Morgan fingerprint density at radius 2 is 0.962 bits per heavy atom. The van der Waals surface area contributed by atoms with E-state index in [-0.39, 0.29) is 6.61 Å². The number of carbonyl (C=O) groups excluding carboxylic acids is 1. The maximum atomic E-state index is 13.0. The molecule has 0 aromatic carbocycles. The van der Waals surface area contributed by atoms with Gasteiger partial charge in [0.15, 0.2) is 6.29 Å². The van der Waals surface area contributed by atoms with Gasteiger partial charge in [0.05, 0.1) is 25.4 Å². The number of unbranched alkanes of at least 4 members (excludes halogenated alkanes) is 25. The SMILES string of the molecule is CCCCCCCCCCCCCCCCCC(O)C(COC1OC(CO)C(O)C(O)C1O)NC(=O)C(O)CCCCCCCCCCCCCC. The topological polar surface area (TPSA) is 169 Å². The molecule has 1 aliphatic heterocycles. The Morgan fingerprint density at radius 1 is 0.577 bits per heavy atom. The molecule has 8 unspecified atom stereocenters.